The molecule has 6 nitrogen and oxygen atoms in total. The highest BCUT2D eigenvalue weighted by atomic mass is 32.2. The molecule has 1 amide bonds. The van der Waals surface area contributed by atoms with E-state index < -0.39 is 10.0 Å². The molecule has 0 aliphatic heterocycles. The second kappa shape index (κ2) is 9.62. The van der Waals surface area contributed by atoms with Crippen LogP contribution in [0.5, 0.6) is 5.75 Å². The zero-order chi connectivity index (χ0) is 21.7. The van der Waals surface area contributed by atoms with Gasteiger partial charge in [0.05, 0.1) is 24.6 Å². The van der Waals surface area contributed by atoms with Gasteiger partial charge in [0.1, 0.15) is 5.75 Å². The van der Waals surface area contributed by atoms with Gasteiger partial charge in [0.2, 0.25) is 15.9 Å². The Balaban J connectivity index is 1.66. The molecule has 7 heteroatoms. The normalized spacial score (nSPS) is 14.8. The summed E-state index contributed by atoms with van der Waals surface area (Å²) >= 11 is 0. The molecule has 0 saturated heterocycles. The van der Waals surface area contributed by atoms with Crippen molar-refractivity contribution in [1.29, 1.82) is 0 Å². The van der Waals surface area contributed by atoms with Crippen LogP contribution < -0.4 is 10.1 Å². The maximum Gasteiger partial charge on any atom is 0.243 e. The van der Waals surface area contributed by atoms with Crippen molar-refractivity contribution in [3.63, 3.8) is 0 Å². The van der Waals surface area contributed by atoms with Gasteiger partial charge in [-0.15, -0.1) is 0 Å². The molecule has 1 aliphatic carbocycles. The van der Waals surface area contributed by atoms with Gasteiger partial charge in [-0.2, -0.15) is 4.31 Å². The number of hydrogen-bond donors (Lipinski definition) is 1. The number of carbonyl (C=O) groups excluding carboxylic acids is 1. The van der Waals surface area contributed by atoms with Gasteiger partial charge in [-0.1, -0.05) is 25.1 Å². The van der Waals surface area contributed by atoms with Crippen LogP contribution in [0.1, 0.15) is 48.9 Å². The molecule has 1 N–H and O–H groups in total. The summed E-state index contributed by atoms with van der Waals surface area (Å²) in [4.78, 5) is 12.8. The third-order valence-corrected chi connectivity index (χ3v) is 7.47. The van der Waals surface area contributed by atoms with Gasteiger partial charge in [-0.25, -0.2) is 8.42 Å². The number of nitrogens with one attached hydrogen (secondary N) is 1. The Morgan fingerprint density at radius 3 is 2.40 bits per heavy atom. The number of hydrogen-bond acceptors (Lipinski definition) is 4. The number of fused-ring (bicyclic) bond motifs is 1. The lowest BCUT2D eigenvalue weighted by molar-refractivity contribution is -0.121. The molecule has 30 heavy (non-hydrogen) atoms. The van der Waals surface area contributed by atoms with E-state index in [4.69, 9.17) is 4.74 Å². The first-order valence-corrected chi connectivity index (χ1v) is 11.8. The van der Waals surface area contributed by atoms with Gasteiger partial charge in [0.15, 0.2) is 0 Å². The number of methoxy groups -OCH3 is 1. The minimum absolute atomic E-state index is 0.125. The van der Waals surface area contributed by atoms with E-state index in [1.54, 1.807) is 12.1 Å². The van der Waals surface area contributed by atoms with Crippen LogP contribution in [0.4, 0.5) is 0 Å². The summed E-state index contributed by atoms with van der Waals surface area (Å²) in [6.07, 6.45) is 5.37. The fourth-order valence-corrected chi connectivity index (χ4v) is 4.97. The molecule has 1 aliphatic rings. The van der Waals surface area contributed by atoms with Crippen molar-refractivity contribution in [3.8, 4) is 5.75 Å². The summed E-state index contributed by atoms with van der Waals surface area (Å²) in [6.45, 7) is 1.78. The maximum absolute atomic E-state index is 12.8. The summed E-state index contributed by atoms with van der Waals surface area (Å²) in [5.41, 5.74) is 3.84. The molecular formula is C23H30N2O4S. The number of ether oxygens (including phenoxy) is 1. The number of carbonyl (C=O) groups is 1. The van der Waals surface area contributed by atoms with E-state index in [2.05, 4.69) is 23.5 Å². The molecule has 0 heterocycles. The highest BCUT2D eigenvalue weighted by molar-refractivity contribution is 7.89. The quantitative estimate of drug-likeness (QED) is 0.696. The summed E-state index contributed by atoms with van der Waals surface area (Å²) < 4.78 is 31.7. The predicted octanol–water partition coefficient (Wildman–Crippen LogP) is 3.46. The van der Waals surface area contributed by atoms with Crippen LogP contribution in [0.3, 0.4) is 0 Å². The van der Waals surface area contributed by atoms with Crippen molar-refractivity contribution >= 4 is 15.9 Å². The van der Waals surface area contributed by atoms with Crippen LogP contribution in [0.2, 0.25) is 0 Å². The van der Waals surface area contributed by atoms with Gasteiger partial charge in [0, 0.05) is 7.05 Å². The lowest BCUT2D eigenvalue weighted by Crippen LogP contribution is -2.39. The smallest absolute Gasteiger partial charge is 0.243 e. The zero-order valence-electron chi connectivity index (χ0n) is 17.8. The van der Waals surface area contributed by atoms with Crippen LogP contribution in [0.15, 0.2) is 47.4 Å². The minimum Gasteiger partial charge on any atom is -0.497 e. The van der Waals surface area contributed by atoms with Crippen molar-refractivity contribution in [2.75, 3.05) is 20.7 Å². The van der Waals surface area contributed by atoms with Crippen molar-refractivity contribution in [1.82, 2.24) is 9.62 Å². The molecule has 2 aromatic rings. The van der Waals surface area contributed by atoms with Gasteiger partial charge in [0.25, 0.3) is 0 Å². The van der Waals surface area contributed by atoms with Crippen molar-refractivity contribution in [2.45, 2.75) is 50.0 Å². The number of aryl methyl sites for hydroxylation is 2. The third-order valence-electron chi connectivity index (χ3n) is 5.65. The van der Waals surface area contributed by atoms with E-state index >= 15 is 0 Å². The van der Waals surface area contributed by atoms with E-state index in [1.807, 2.05) is 6.92 Å². The lowest BCUT2D eigenvalue weighted by atomic mass is 9.89. The molecule has 0 saturated carbocycles. The number of benzene rings is 2. The number of nitrogens with zero attached hydrogens (tertiary/aromatic N) is 1. The van der Waals surface area contributed by atoms with Gasteiger partial charge < -0.3 is 10.1 Å². The maximum atomic E-state index is 12.8. The molecule has 0 spiro atoms. The SMILES string of the molecule is CC[C@@H](NC(=O)CN(C)S(=O)(=O)c1ccc(OC)cc1)c1ccc2c(c1)CCCC2. The topological polar surface area (TPSA) is 75.7 Å². The van der Waals surface area contributed by atoms with Crippen molar-refractivity contribution in [3.05, 3.63) is 59.2 Å². The standard InChI is InChI=1S/C23H30N2O4S/c1-4-22(19-10-9-17-7-5-6-8-18(17)15-19)24-23(26)16-25(2)30(27,28)21-13-11-20(29-3)12-14-21/h9-15,22H,4-8,16H2,1-3H3,(H,24,26)/t22-/m1/s1. The van der Waals surface area contributed by atoms with E-state index in [-0.39, 0.29) is 23.4 Å². The number of sulfonamides is 1. The van der Waals surface area contributed by atoms with Crippen LogP contribution in [-0.4, -0.2) is 39.3 Å². The highest BCUT2D eigenvalue weighted by Gasteiger charge is 2.24. The van der Waals surface area contributed by atoms with Crippen molar-refractivity contribution < 1.29 is 17.9 Å². The monoisotopic (exact) mass is 430 g/mol. The Kier molecular flexibility index (Phi) is 7.15. The number of likely N-dealkylation sites (N-methyl/N-ethyl adjacent to an activating group) is 1. The Labute approximate surface area is 179 Å². The van der Waals surface area contributed by atoms with E-state index in [0.29, 0.717) is 5.75 Å². The second-order valence-corrected chi connectivity index (χ2v) is 9.75. The molecule has 0 unspecified atom stereocenters. The summed E-state index contributed by atoms with van der Waals surface area (Å²) in [5.74, 6) is 0.254. The number of rotatable bonds is 8. The average molecular weight is 431 g/mol. The highest BCUT2D eigenvalue weighted by Crippen LogP contribution is 2.26. The molecule has 0 radical (unpaired) electrons. The van der Waals surface area contributed by atoms with Crippen molar-refractivity contribution in [2.24, 2.45) is 0 Å². The van der Waals surface area contributed by atoms with Gasteiger partial charge in [-0.05, 0) is 73.1 Å². The molecule has 3 rings (SSSR count). The number of amides is 1. The summed E-state index contributed by atoms with van der Waals surface area (Å²) in [5, 5.41) is 3.00. The minimum atomic E-state index is -3.76. The molecule has 1 atom stereocenters. The van der Waals surface area contributed by atoms with E-state index in [1.165, 1.54) is 50.3 Å². The zero-order valence-corrected chi connectivity index (χ0v) is 18.7. The van der Waals surface area contributed by atoms with Gasteiger partial charge >= 0.3 is 0 Å². The molecule has 0 aromatic heterocycles. The molecule has 2 aromatic carbocycles. The van der Waals surface area contributed by atoms with Gasteiger partial charge in [-0.3, -0.25) is 4.79 Å². The first-order valence-electron chi connectivity index (χ1n) is 10.4. The first kappa shape index (κ1) is 22.3. The molecule has 0 fully saturated rings. The van der Waals surface area contributed by atoms with Crippen LogP contribution in [-0.2, 0) is 27.7 Å². The van der Waals surface area contributed by atoms with E-state index in [0.717, 1.165) is 29.1 Å². The lowest BCUT2D eigenvalue weighted by Gasteiger charge is -2.23. The predicted molar refractivity (Wildman–Crippen MR) is 117 cm³/mol. The third kappa shape index (κ3) is 5.02. The van der Waals surface area contributed by atoms with Crippen LogP contribution in [0.25, 0.3) is 0 Å². The largest absolute Gasteiger partial charge is 0.497 e. The van der Waals surface area contributed by atoms with Crippen LogP contribution >= 0.6 is 0 Å². The Bertz CT molecular complexity index is 987. The molecular weight excluding hydrogens is 400 g/mol. The average Bonchev–Trinajstić information content (AvgIpc) is 2.77. The summed E-state index contributed by atoms with van der Waals surface area (Å²) in [6, 6.07) is 12.4. The Morgan fingerprint density at radius 2 is 1.77 bits per heavy atom. The fourth-order valence-electron chi connectivity index (χ4n) is 3.85. The molecule has 162 valence electrons. The van der Waals surface area contributed by atoms with E-state index in [9.17, 15) is 13.2 Å². The molecule has 0 bridgehead atoms. The summed E-state index contributed by atoms with van der Waals surface area (Å²) in [7, 11) is -0.825. The Hall–Kier alpha value is -2.38. The fraction of sp³-hybridized carbons (Fsp3) is 0.435. The second-order valence-electron chi connectivity index (χ2n) is 7.70. The Morgan fingerprint density at radius 1 is 1.10 bits per heavy atom. The first-order chi connectivity index (χ1) is 14.3. The van der Waals surface area contributed by atoms with Crippen LogP contribution in [0, 0.1) is 0 Å².